The van der Waals surface area contributed by atoms with Crippen LogP contribution in [0.1, 0.15) is 25.8 Å². The zero-order valence-electron chi connectivity index (χ0n) is 14.5. The molecule has 0 saturated carbocycles. The Kier molecular flexibility index (Phi) is 5.63. The SMILES string of the molecule is CN=C(NCc1ccnc(N(C)C)c1)N1CC(C)CC(C)C1. The Morgan fingerprint density at radius 2 is 2.05 bits per heavy atom. The van der Waals surface area contributed by atoms with Crippen LogP contribution in [0.3, 0.4) is 0 Å². The molecular formula is C17H29N5. The smallest absolute Gasteiger partial charge is 0.193 e. The molecule has 22 heavy (non-hydrogen) atoms. The molecule has 0 aliphatic carbocycles. The molecule has 2 unspecified atom stereocenters. The van der Waals surface area contributed by atoms with Gasteiger partial charge >= 0.3 is 0 Å². The third-order valence-electron chi connectivity index (χ3n) is 4.10. The minimum atomic E-state index is 0.726. The summed E-state index contributed by atoms with van der Waals surface area (Å²) in [5.41, 5.74) is 1.22. The van der Waals surface area contributed by atoms with Crippen molar-refractivity contribution in [2.75, 3.05) is 39.1 Å². The number of piperidine rings is 1. The van der Waals surface area contributed by atoms with Crippen LogP contribution in [0.25, 0.3) is 0 Å². The number of hydrogen-bond donors (Lipinski definition) is 1. The van der Waals surface area contributed by atoms with Crippen LogP contribution in [-0.2, 0) is 6.54 Å². The van der Waals surface area contributed by atoms with Crippen LogP contribution in [0.15, 0.2) is 23.3 Å². The van der Waals surface area contributed by atoms with Crippen molar-refractivity contribution >= 4 is 11.8 Å². The highest BCUT2D eigenvalue weighted by Crippen LogP contribution is 2.21. The van der Waals surface area contributed by atoms with Crippen LogP contribution in [-0.4, -0.2) is 50.1 Å². The molecule has 0 aromatic carbocycles. The number of nitrogens with one attached hydrogen (secondary N) is 1. The maximum absolute atomic E-state index is 4.46. The number of aromatic nitrogens is 1. The van der Waals surface area contributed by atoms with E-state index in [9.17, 15) is 0 Å². The van der Waals surface area contributed by atoms with Gasteiger partial charge in [0.1, 0.15) is 5.82 Å². The summed E-state index contributed by atoms with van der Waals surface area (Å²) in [4.78, 5) is 13.2. The molecule has 1 aromatic heterocycles. The summed E-state index contributed by atoms with van der Waals surface area (Å²) < 4.78 is 0. The molecule has 1 aliphatic heterocycles. The highest BCUT2D eigenvalue weighted by molar-refractivity contribution is 5.80. The third-order valence-corrected chi connectivity index (χ3v) is 4.10. The van der Waals surface area contributed by atoms with Gasteiger partial charge in [0.25, 0.3) is 0 Å². The van der Waals surface area contributed by atoms with E-state index < -0.39 is 0 Å². The zero-order chi connectivity index (χ0) is 16.1. The van der Waals surface area contributed by atoms with E-state index in [2.05, 4.69) is 46.2 Å². The average molecular weight is 303 g/mol. The number of pyridine rings is 1. The molecule has 5 nitrogen and oxygen atoms in total. The van der Waals surface area contributed by atoms with E-state index in [1.54, 1.807) is 0 Å². The van der Waals surface area contributed by atoms with Crippen molar-refractivity contribution in [3.05, 3.63) is 23.9 Å². The molecule has 2 atom stereocenters. The van der Waals surface area contributed by atoms with Crippen LogP contribution >= 0.6 is 0 Å². The Hall–Kier alpha value is -1.78. The normalized spacial score (nSPS) is 22.6. The molecule has 0 spiro atoms. The molecule has 1 saturated heterocycles. The highest BCUT2D eigenvalue weighted by atomic mass is 15.3. The lowest BCUT2D eigenvalue weighted by molar-refractivity contribution is 0.208. The second kappa shape index (κ2) is 7.47. The predicted octanol–water partition coefficient (Wildman–Crippen LogP) is 2.20. The van der Waals surface area contributed by atoms with E-state index in [1.165, 1.54) is 12.0 Å². The Bertz CT molecular complexity index is 502. The minimum absolute atomic E-state index is 0.726. The van der Waals surface area contributed by atoms with Crippen molar-refractivity contribution in [1.82, 2.24) is 15.2 Å². The van der Waals surface area contributed by atoms with Crippen LogP contribution in [0, 0.1) is 11.8 Å². The fraction of sp³-hybridized carbons (Fsp3) is 0.647. The van der Waals surface area contributed by atoms with Gasteiger partial charge in [0, 0.05) is 47.0 Å². The topological polar surface area (TPSA) is 43.8 Å². The third kappa shape index (κ3) is 4.36. The van der Waals surface area contributed by atoms with Crippen molar-refractivity contribution in [3.63, 3.8) is 0 Å². The van der Waals surface area contributed by atoms with E-state index in [1.807, 2.05) is 32.2 Å². The number of anilines is 1. The number of guanidine groups is 1. The first-order chi connectivity index (χ1) is 10.5. The van der Waals surface area contributed by atoms with Gasteiger partial charge in [-0.25, -0.2) is 4.98 Å². The van der Waals surface area contributed by atoms with Gasteiger partial charge in [0.2, 0.25) is 0 Å². The van der Waals surface area contributed by atoms with E-state index >= 15 is 0 Å². The number of aliphatic imine (C=N–C) groups is 1. The largest absolute Gasteiger partial charge is 0.363 e. The predicted molar refractivity (Wildman–Crippen MR) is 93.3 cm³/mol. The number of likely N-dealkylation sites (tertiary alicyclic amines) is 1. The van der Waals surface area contributed by atoms with Crippen molar-refractivity contribution < 1.29 is 0 Å². The molecule has 0 radical (unpaired) electrons. The second-order valence-corrected chi connectivity index (χ2v) is 6.67. The summed E-state index contributed by atoms with van der Waals surface area (Å²) in [5, 5.41) is 3.49. The number of hydrogen-bond acceptors (Lipinski definition) is 3. The van der Waals surface area contributed by atoms with Gasteiger partial charge in [-0.15, -0.1) is 0 Å². The number of rotatable bonds is 3. The van der Waals surface area contributed by atoms with E-state index in [-0.39, 0.29) is 0 Å². The van der Waals surface area contributed by atoms with Crippen molar-refractivity contribution in [3.8, 4) is 0 Å². The van der Waals surface area contributed by atoms with Crippen LogP contribution in [0.2, 0.25) is 0 Å². The van der Waals surface area contributed by atoms with Crippen LogP contribution < -0.4 is 10.2 Å². The first kappa shape index (κ1) is 16.6. The zero-order valence-corrected chi connectivity index (χ0v) is 14.5. The van der Waals surface area contributed by atoms with E-state index in [4.69, 9.17) is 0 Å². The van der Waals surface area contributed by atoms with Crippen molar-refractivity contribution in [2.24, 2.45) is 16.8 Å². The van der Waals surface area contributed by atoms with Gasteiger partial charge in [0.05, 0.1) is 0 Å². The molecule has 2 heterocycles. The summed E-state index contributed by atoms with van der Waals surface area (Å²) in [5.74, 6) is 3.43. The molecule has 0 bridgehead atoms. The molecule has 122 valence electrons. The van der Waals surface area contributed by atoms with Gasteiger partial charge in [-0.05, 0) is 36.0 Å². The van der Waals surface area contributed by atoms with E-state index in [0.717, 1.165) is 43.2 Å². The van der Waals surface area contributed by atoms with Crippen molar-refractivity contribution in [2.45, 2.75) is 26.8 Å². The van der Waals surface area contributed by atoms with Crippen molar-refractivity contribution in [1.29, 1.82) is 0 Å². The van der Waals surface area contributed by atoms with Gasteiger partial charge in [-0.1, -0.05) is 13.8 Å². The molecular weight excluding hydrogens is 274 g/mol. The summed E-state index contributed by atoms with van der Waals surface area (Å²) in [6.07, 6.45) is 3.17. The molecule has 1 fully saturated rings. The number of nitrogens with zero attached hydrogens (tertiary/aromatic N) is 4. The molecule has 1 aromatic rings. The standard InChI is InChI=1S/C17H29N5/c1-13-8-14(2)12-22(11-13)17(18-3)20-10-15-6-7-19-16(9-15)21(4)5/h6-7,9,13-14H,8,10-12H2,1-5H3,(H,18,20). The first-order valence-corrected chi connectivity index (χ1v) is 8.07. The maximum atomic E-state index is 4.46. The molecule has 1 aliphatic rings. The Morgan fingerprint density at radius 3 is 2.64 bits per heavy atom. The lowest BCUT2D eigenvalue weighted by Gasteiger charge is -2.37. The molecule has 0 amide bonds. The van der Waals surface area contributed by atoms with Gasteiger partial charge in [-0.2, -0.15) is 0 Å². The Labute approximate surface area is 134 Å². The monoisotopic (exact) mass is 303 g/mol. The van der Waals surface area contributed by atoms with E-state index in [0.29, 0.717) is 0 Å². The lowest BCUT2D eigenvalue weighted by Crippen LogP contribution is -2.48. The Balaban J connectivity index is 1.98. The first-order valence-electron chi connectivity index (χ1n) is 8.07. The van der Waals surface area contributed by atoms with Gasteiger partial charge < -0.3 is 15.1 Å². The summed E-state index contributed by atoms with van der Waals surface area (Å²) >= 11 is 0. The maximum Gasteiger partial charge on any atom is 0.193 e. The summed E-state index contributed by atoms with van der Waals surface area (Å²) in [7, 11) is 5.88. The fourth-order valence-corrected chi connectivity index (χ4v) is 3.16. The molecule has 2 rings (SSSR count). The second-order valence-electron chi connectivity index (χ2n) is 6.67. The minimum Gasteiger partial charge on any atom is -0.363 e. The van der Waals surface area contributed by atoms with Crippen LogP contribution in [0.4, 0.5) is 5.82 Å². The average Bonchev–Trinajstić information content (AvgIpc) is 2.47. The van der Waals surface area contributed by atoms with Gasteiger partial charge in [0.15, 0.2) is 5.96 Å². The Morgan fingerprint density at radius 1 is 1.36 bits per heavy atom. The van der Waals surface area contributed by atoms with Gasteiger partial charge in [-0.3, -0.25) is 4.99 Å². The quantitative estimate of drug-likeness (QED) is 0.687. The van der Waals surface area contributed by atoms with Crippen LogP contribution in [0.5, 0.6) is 0 Å². The summed E-state index contributed by atoms with van der Waals surface area (Å²) in [6.45, 7) is 7.59. The molecule has 1 N–H and O–H groups in total. The molecule has 5 heteroatoms. The summed E-state index contributed by atoms with van der Waals surface area (Å²) in [6, 6.07) is 4.16. The lowest BCUT2D eigenvalue weighted by atomic mass is 9.92. The highest BCUT2D eigenvalue weighted by Gasteiger charge is 2.23. The fourth-order valence-electron chi connectivity index (χ4n) is 3.16.